The zero-order chi connectivity index (χ0) is 19.7. The first-order valence-corrected chi connectivity index (χ1v) is 8.21. The van der Waals surface area contributed by atoms with Gasteiger partial charge in [0.2, 0.25) is 5.91 Å². The molecule has 0 radical (unpaired) electrons. The standard InChI is InChI=1S/C19H17F2N3O3/c1-9-13-5-11(19(27)24-15(13)3-4-16(9)25)6-17(26)23-10(2)18-14(21)7-12(20)8-22-18/h3-5,7-8,10,25H,6H2,1-2H3,(H,23,26)(H,24,27)/t10-/m1/s1. The lowest BCUT2D eigenvalue weighted by Crippen LogP contribution is -2.31. The number of amides is 1. The lowest BCUT2D eigenvalue weighted by atomic mass is 10.0. The maximum absolute atomic E-state index is 13.8. The molecule has 140 valence electrons. The Morgan fingerprint density at radius 3 is 2.78 bits per heavy atom. The Hall–Kier alpha value is -3.29. The molecule has 0 unspecified atom stereocenters. The van der Waals surface area contributed by atoms with Crippen LogP contribution >= 0.6 is 0 Å². The monoisotopic (exact) mass is 373 g/mol. The van der Waals surface area contributed by atoms with Gasteiger partial charge in [0.15, 0.2) is 0 Å². The quantitative estimate of drug-likeness (QED) is 0.655. The SMILES string of the molecule is Cc1c(O)ccc2[nH]c(=O)c(CC(=O)N[C@H](C)c3ncc(F)cc3F)cc12. The number of halogens is 2. The maximum Gasteiger partial charge on any atom is 0.252 e. The number of H-pyrrole nitrogens is 1. The molecular weight excluding hydrogens is 356 g/mol. The van der Waals surface area contributed by atoms with E-state index >= 15 is 0 Å². The Morgan fingerprint density at radius 1 is 1.33 bits per heavy atom. The van der Waals surface area contributed by atoms with Crippen molar-refractivity contribution >= 4 is 16.8 Å². The fraction of sp³-hybridized carbons (Fsp3) is 0.211. The van der Waals surface area contributed by atoms with E-state index in [1.54, 1.807) is 19.1 Å². The molecular formula is C19H17F2N3O3. The van der Waals surface area contributed by atoms with E-state index in [9.17, 15) is 23.5 Å². The number of aromatic hydroxyl groups is 1. The first-order valence-electron chi connectivity index (χ1n) is 8.21. The van der Waals surface area contributed by atoms with E-state index in [4.69, 9.17) is 0 Å². The second-order valence-electron chi connectivity index (χ2n) is 6.28. The minimum Gasteiger partial charge on any atom is -0.508 e. The summed E-state index contributed by atoms with van der Waals surface area (Å²) in [6.07, 6.45) is 0.623. The van der Waals surface area contributed by atoms with E-state index in [0.29, 0.717) is 22.5 Å². The third-order valence-corrected chi connectivity index (χ3v) is 4.32. The van der Waals surface area contributed by atoms with Crippen molar-refractivity contribution in [2.45, 2.75) is 26.3 Å². The number of rotatable bonds is 4. The molecule has 27 heavy (non-hydrogen) atoms. The molecule has 0 spiro atoms. The van der Waals surface area contributed by atoms with Crippen molar-refractivity contribution in [2.75, 3.05) is 0 Å². The van der Waals surface area contributed by atoms with Gasteiger partial charge in [-0.05, 0) is 32.0 Å². The Balaban J connectivity index is 1.82. The van der Waals surface area contributed by atoms with Gasteiger partial charge in [0.1, 0.15) is 17.4 Å². The van der Waals surface area contributed by atoms with E-state index in [1.807, 2.05) is 0 Å². The summed E-state index contributed by atoms with van der Waals surface area (Å²) in [5.41, 5.74) is 0.801. The number of nitrogens with one attached hydrogen (secondary N) is 2. The molecule has 0 aliphatic rings. The third-order valence-electron chi connectivity index (χ3n) is 4.32. The number of hydrogen-bond acceptors (Lipinski definition) is 4. The van der Waals surface area contributed by atoms with Gasteiger partial charge in [0.25, 0.3) is 5.56 Å². The molecule has 2 aromatic heterocycles. The molecule has 0 saturated carbocycles. The Labute approximate surface area is 152 Å². The molecule has 3 aromatic rings. The predicted molar refractivity (Wildman–Crippen MR) is 95.4 cm³/mol. The molecule has 3 N–H and O–H groups in total. The average molecular weight is 373 g/mol. The fourth-order valence-corrected chi connectivity index (χ4v) is 2.86. The number of carbonyl (C=O) groups excluding carboxylic acids is 1. The van der Waals surface area contributed by atoms with Crippen molar-refractivity contribution < 1.29 is 18.7 Å². The number of hydrogen-bond donors (Lipinski definition) is 3. The van der Waals surface area contributed by atoms with Crippen LogP contribution in [0.3, 0.4) is 0 Å². The molecule has 0 aliphatic carbocycles. The number of phenolic OH excluding ortho intramolecular Hbond substituents is 1. The molecule has 0 saturated heterocycles. The lowest BCUT2D eigenvalue weighted by molar-refractivity contribution is -0.121. The summed E-state index contributed by atoms with van der Waals surface area (Å²) in [6, 6.07) is 4.49. The zero-order valence-corrected chi connectivity index (χ0v) is 14.6. The number of fused-ring (bicyclic) bond motifs is 1. The molecule has 1 atom stereocenters. The number of carbonyl (C=O) groups is 1. The minimum absolute atomic E-state index is 0.0800. The molecule has 0 bridgehead atoms. The van der Waals surface area contributed by atoms with E-state index < -0.39 is 29.1 Å². The highest BCUT2D eigenvalue weighted by Gasteiger charge is 2.17. The van der Waals surface area contributed by atoms with Crippen molar-refractivity contribution in [3.63, 3.8) is 0 Å². The molecule has 3 rings (SSSR count). The maximum atomic E-state index is 13.8. The van der Waals surface area contributed by atoms with Gasteiger partial charge in [-0.3, -0.25) is 14.6 Å². The highest BCUT2D eigenvalue weighted by molar-refractivity contribution is 5.86. The summed E-state index contributed by atoms with van der Waals surface area (Å²) in [7, 11) is 0. The van der Waals surface area contributed by atoms with Gasteiger partial charge in [0, 0.05) is 28.1 Å². The number of aromatic nitrogens is 2. The van der Waals surface area contributed by atoms with Gasteiger partial charge in [-0.15, -0.1) is 0 Å². The van der Waals surface area contributed by atoms with Crippen LogP contribution < -0.4 is 10.9 Å². The smallest absolute Gasteiger partial charge is 0.252 e. The van der Waals surface area contributed by atoms with Crippen molar-refractivity contribution in [3.8, 4) is 5.75 Å². The van der Waals surface area contributed by atoms with Gasteiger partial charge >= 0.3 is 0 Å². The van der Waals surface area contributed by atoms with Crippen molar-refractivity contribution in [2.24, 2.45) is 0 Å². The fourth-order valence-electron chi connectivity index (χ4n) is 2.86. The summed E-state index contributed by atoms with van der Waals surface area (Å²) >= 11 is 0. The number of aryl methyl sites for hydroxylation is 1. The van der Waals surface area contributed by atoms with Crippen LogP contribution in [0.15, 0.2) is 35.3 Å². The number of aromatic amines is 1. The number of pyridine rings is 2. The molecule has 1 amide bonds. The van der Waals surface area contributed by atoms with Crippen LogP contribution in [0.5, 0.6) is 5.75 Å². The Morgan fingerprint density at radius 2 is 2.07 bits per heavy atom. The van der Waals surface area contributed by atoms with Gasteiger partial charge in [-0.2, -0.15) is 0 Å². The van der Waals surface area contributed by atoms with Crippen molar-refractivity contribution in [1.29, 1.82) is 0 Å². The van der Waals surface area contributed by atoms with Crippen molar-refractivity contribution in [1.82, 2.24) is 15.3 Å². The second kappa shape index (κ2) is 7.14. The predicted octanol–water partition coefficient (Wildman–Crippen LogP) is 2.64. The topological polar surface area (TPSA) is 95.1 Å². The summed E-state index contributed by atoms with van der Waals surface area (Å²) in [6.45, 7) is 3.21. The zero-order valence-electron chi connectivity index (χ0n) is 14.6. The molecule has 1 aromatic carbocycles. The normalized spacial score (nSPS) is 12.1. The number of phenols is 1. The van der Waals surface area contributed by atoms with E-state index in [-0.39, 0.29) is 23.4 Å². The third kappa shape index (κ3) is 3.79. The van der Waals surface area contributed by atoms with E-state index in [0.717, 1.165) is 6.20 Å². The van der Waals surface area contributed by atoms with Crippen LogP contribution in [0.1, 0.15) is 29.8 Å². The first kappa shape index (κ1) is 18.5. The van der Waals surface area contributed by atoms with Crippen molar-refractivity contribution in [3.05, 3.63) is 69.3 Å². The van der Waals surface area contributed by atoms with Crippen LogP contribution in [-0.4, -0.2) is 21.0 Å². The Kier molecular flexibility index (Phi) is 4.89. The van der Waals surface area contributed by atoms with Crippen LogP contribution in [-0.2, 0) is 11.2 Å². The second-order valence-corrected chi connectivity index (χ2v) is 6.28. The van der Waals surface area contributed by atoms with Crippen LogP contribution in [0, 0.1) is 18.6 Å². The molecule has 6 nitrogen and oxygen atoms in total. The van der Waals surface area contributed by atoms with Gasteiger partial charge in [-0.25, -0.2) is 8.78 Å². The summed E-state index contributed by atoms with van der Waals surface area (Å²) < 4.78 is 26.7. The van der Waals surface area contributed by atoms with E-state index in [2.05, 4.69) is 15.3 Å². The van der Waals surface area contributed by atoms with Gasteiger partial charge in [-0.1, -0.05) is 0 Å². The van der Waals surface area contributed by atoms with Gasteiger partial charge in [0.05, 0.1) is 24.4 Å². The minimum atomic E-state index is -0.863. The first-order chi connectivity index (χ1) is 12.8. The number of nitrogens with zero attached hydrogens (tertiary/aromatic N) is 1. The lowest BCUT2D eigenvalue weighted by Gasteiger charge is -2.14. The summed E-state index contributed by atoms with van der Waals surface area (Å²) in [4.78, 5) is 30.8. The van der Waals surface area contributed by atoms with Crippen LogP contribution in [0.25, 0.3) is 10.9 Å². The van der Waals surface area contributed by atoms with E-state index in [1.165, 1.54) is 13.0 Å². The largest absolute Gasteiger partial charge is 0.508 e. The molecule has 0 fully saturated rings. The molecule has 0 aliphatic heterocycles. The van der Waals surface area contributed by atoms with Crippen LogP contribution in [0.4, 0.5) is 8.78 Å². The van der Waals surface area contributed by atoms with Crippen LogP contribution in [0.2, 0.25) is 0 Å². The molecule has 8 heteroatoms. The average Bonchev–Trinajstić information content (AvgIpc) is 2.59. The summed E-state index contributed by atoms with van der Waals surface area (Å²) in [5.74, 6) is -2.11. The highest BCUT2D eigenvalue weighted by atomic mass is 19.1. The Bertz CT molecular complexity index is 1100. The highest BCUT2D eigenvalue weighted by Crippen LogP contribution is 2.24. The summed E-state index contributed by atoms with van der Waals surface area (Å²) in [5, 5.41) is 13.0. The van der Waals surface area contributed by atoms with Gasteiger partial charge < -0.3 is 15.4 Å². The number of benzene rings is 1. The molecule has 2 heterocycles.